The van der Waals surface area contributed by atoms with Gasteiger partial charge in [-0.25, -0.2) is 14.8 Å². The molecular formula is C19H15N3O3. The summed E-state index contributed by atoms with van der Waals surface area (Å²) in [5, 5.41) is 0.873. The molecule has 2 aromatic heterocycles. The Bertz CT molecular complexity index is 1100. The van der Waals surface area contributed by atoms with Gasteiger partial charge >= 0.3 is 5.97 Å². The fourth-order valence-corrected chi connectivity index (χ4v) is 2.85. The lowest BCUT2D eigenvalue weighted by Gasteiger charge is -2.08. The van der Waals surface area contributed by atoms with Gasteiger partial charge in [0, 0.05) is 11.5 Å². The minimum Gasteiger partial charge on any atom is -0.497 e. The summed E-state index contributed by atoms with van der Waals surface area (Å²) in [6, 6.07) is 14.9. The van der Waals surface area contributed by atoms with Crippen molar-refractivity contribution in [3.05, 3.63) is 60.4 Å². The summed E-state index contributed by atoms with van der Waals surface area (Å²) in [5.41, 5.74) is 2.75. The first-order valence-electron chi connectivity index (χ1n) is 7.71. The number of hydrogen-bond donors (Lipinski definition) is 0. The summed E-state index contributed by atoms with van der Waals surface area (Å²) in [4.78, 5) is 21.1. The highest BCUT2D eigenvalue weighted by Crippen LogP contribution is 2.24. The van der Waals surface area contributed by atoms with Crippen molar-refractivity contribution in [2.75, 3.05) is 14.2 Å². The van der Waals surface area contributed by atoms with Crippen LogP contribution in [0, 0.1) is 0 Å². The molecule has 0 spiro atoms. The van der Waals surface area contributed by atoms with Crippen molar-refractivity contribution >= 4 is 27.9 Å². The van der Waals surface area contributed by atoms with Gasteiger partial charge in [0.2, 0.25) is 0 Å². The van der Waals surface area contributed by atoms with E-state index in [1.54, 1.807) is 19.5 Å². The van der Waals surface area contributed by atoms with E-state index >= 15 is 0 Å². The zero-order chi connectivity index (χ0) is 17.4. The van der Waals surface area contributed by atoms with Crippen LogP contribution in [-0.2, 0) is 4.74 Å². The van der Waals surface area contributed by atoms with Crippen molar-refractivity contribution in [3.8, 4) is 11.6 Å². The minimum atomic E-state index is -0.407. The van der Waals surface area contributed by atoms with E-state index in [1.165, 1.54) is 7.11 Å². The molecule has 0 atom stereocenters. The molecule has 4 aromatic rings. The molecule has 124 valence electrons. The molecule has 0 aliphatic carbocycles. The highest BCUT2D eigenvalue weighted by molar-refractivity contribution is 6.02. The summed E-state index contributed by atoms with van der Waals surface area (Å²) in [6.07, 6.45) is 1.71. The molecule has 0 aliphatic rings. The van der Waals surface area contributed by atoms with Gasteiger partial charge < -0.3 is 9.47 Å². The van der Waals surface area contributed by atoms with Crippen LogP contribution in [0.25, 0.3) is 27.8 Å². The number of ether oxygens (including phenoxy) is 2. The van der Waals surface area contributed by atoms with Crippen LogP contribution >= 0.6 is 0 Å². The van der Waals surface area contributed by atoms with Gasteiger partial charge in [-0.15, -0.1) is 0 Å². The zero-order valence-corrected chi connectivity index (χ0v) is 13.8. The molecule has 0 fully saturated rings. The quantitative estimate of drug-likeness (QED) is 0.538. The van der Waals surface area contributed by atoms with Crippen molar-refractivity contribution in [3.63, 3.8) is 0 Å². The lowest BCUT2D eigenvalue weighted by molar-refractivity contribution is 0.0603. The fourth-order valence-electron chi connectivity index (χ4n) is 2.85. The van der Waals surface area contributed by atoms with Gasteiger partial charge in [0.15, 0.2) is 0 Å². The summed E-state index contributed by atoms with van der Waals surface area (Å²) < 4.78 is 12.0. The maximum Gasteiger partial charge on any atom is 0.340 e. The van der Waals surface area contributed by atoms with Crippen LogP contribution in [0.4, 0.5) is 0 Å². The molecule has 2 heterocycles. The number of methoxy groups -OCH3 is 2. The second-order valence-electron chi connectivity index (χ2n) is 5.51. The predicted molar refractivity (Wildman–Crippen MR) is 94.3 cm³/mol. The largest absolute Gasteiger partial charge is 0.497 e. The molecule has 0 saturated heterocycles. The van der Waals surface area contributed by atoms with Gasteiger partial charge in [0.25, 0.3) is 0 Å². The number of rotatable bonds is 3. The van der Waals surface area contributed by atoms with Gasteiger partial charge in [0.05, 0.1) is 36.3 Å². The molecule has 0 bridgehead atoms. The maximum absolute atomic E-state index is 12.0. The number of pyridine rings is 1. The molecule has 0 unspecified atom stereocenters. The van der Waals surface area contributed by atoms with E-state index in [4.69, 9.17) is 9.47 Å². The SMILES string of the molecule is COC(=O)c1cccc2ccc(-n3cnc4cc(OC)ccc43)nc12. The van der Waals surface area contributed by atoms with Crippen LogP contribution in [0.15, 0.2) is 54.9 Å². The third-order valence-corrected chi connectivity index (χ3v) is 4.11. The fraction of sp³-hybridized carbons (Fsp3) is 0.105. The van der Waals surface area contributed by atoms with E-state index in [0.29, 0.717) is 16.9 Å². The first-order chi connectivity index (χ1) is 12.2. The van der Waals surface area contributed by atoms with E-state index in [-0.39, 0.29) is 0 Å². The van der Waals surface area contributed by atoms with Crippen molar-refractivity contribution < 1.29 is 14.3 Å². The van der Waals surface area contributed by atoms with Crippen LogP contribution in [0.5, 0.6) is 5.75 Å². The number of aromatic nitrogens is 3. The molecular weight excluding hydrogens is 318 g/mol. The summed E-state index contributed by atoms with van der Waals surface area (Å²) >= 11 is 0. The van der Waals surface area contributed by atoms with Crippen molar-refractivity contribution in [2.45, 2.75) is 0 Å². The van der Waals surface area contributed by atoms with Crippen LogP contribution in [0.1, 0.15) is 10.4 Å². The van der Waals surface area contributed by atoms with Gasteiger partial charge in [0.1, 0.15) is 17.9 Å². The Kier molecular flexibility index (Phi) is 3.57. The van der Waals surface area contributed by atoms with Crippen LogP contribution < -0.4 is 4.74 Å². The lowest BCUT2D eigenvalue weighted by atomic mass is 10.1. The molecule has 25 heavy (non-hydrogen) atoms. The Morgan fingerprint density at radius 2 is 1.96 bits per heavy atom. The summed E-state index contributed by atoms with van der Waals surface area (Å²) in [6.45, 7) is 0. The first-order valence-corrected chi connectivity index (χ1v) is 7.71. The van der Waals surface area contributed by atoms with Gasteiger partial charge in [-0.05, 0) is 30.3 Å². The number of para-hydroxylation sites is 1. The zero-order valence-electron chi connectivity index (χ0n) is 13.8. The number of carbonyl (C=O) groups is 1. The van der Waals surface area contributed by atoms with Crippen LogP contribution in [-0.4, -0.2) is 34.7 Å². The lowest BCUT2D eigenvalue weighted by Crippen LogP contribution is -2.04. The molecule has 2 aromatic carbocycles. The number of imidazole rings is 1. The molecule has 0 radical (unpaired) electrons. The molecule has 6 nitrogen and oxygen atoms in total. The maximum atomic E-state index is 12.0. The molecule has 4 rings (SSSR count). The standard InChI is InChI=1S/C19H15N3O3/c1-24-13-7-8-16-15(10-13)20-11-22(16)17-9-6-12-4-3-5-14(18(12)21-17)19(23)25-2/h3-11H,1-2H3. The Morgan fingerprint density at radius 3 is 2.76 bits per heavy atom. The van der Waals surface area contributed by atoms with Crippen LogP contribution in [0.2, 0.25) is 0 Å². The molecule has 0 saturated carbocycles. The smallest absolute Gasteiger partial charge is 0.340 e. The topological polar surface area (TPSA) is 66.2 Å². The van der Waals surface area contributed by atoms with E-state index < -0.39 is 5.97 Å². The number of fused-ring (bicyclic) bond motifs is 2. The van der Waals surface area contributed by atoms with E-state index in [1.807, 2.05) is 47.0 Å². The number of benzene rings is 2. The highest BCUT2D eigenvalue weighted by atomic mass is 16.5. The summed E-state index contributed by atoms with van der Waals surface area (Å²) in [5.74, 6) is 1.02. The van der Waals surface area contributed by atoms with E-state index in [9.17, 15) is 4.79 Å². The summed E-state index contributed by atoms with van der Waals surface area (Å²) in [7, 11) is 2.99. The molecule has 0 N–H and O–H groups in total. The number of hydrogen-bond acceptors (Lipinski definition) is 5. The van der Waals surface area contributed by atoms with Gasteiger partial charge in [-0.3, -0.25) is 4.57 Å². The van der Waals surface area contributed by atoms with Crippen molar-refractivity contribution in [1.29, 1.82) is 0 Å². The van der Waals surface area contributed by atoms with Crippen molar-refractivity contribution in [2.24, 2.45) is 0 Å². The third-order valence-electron chi connectivity index (χ3n) is 4.11. The molecule has 0 amide bonds. The number of esters is 1. The Labute approximate surface area is 143 Å². The van der Waals surface area contributed by atoms with Gasteiger partial charge in [-0.1, -0.05) is 12.1 Å². The highest BCUT2D eigenvalue weighted by Gasteiger charge is 2.13. The number of nitrogens with zero attached hydrogens (tertiary/aromatic N) is 3. The number of carbonyl (C=O) groups excluding carboxylic acids is 1. The average Bonchev–Trinajstić information content (AvgIpc) is 3.09. The van der Waals surface area contributed by atoms with Crippen molar-refractivity contribution in [1.82, 2.24) is 14.5 Å². The second-order valence-corrected chi connectivity index (χ2v) is 5.51. The Morgan fingerprint density at radius 1 is 1.08 bits per heavy atom. The molecule has 6 heteroatoms. The average molecular weight is 333 g/mol. The Hall–Kier alpha value is -3.41. The van der Waals surface area contributed by atoms with Gasteiger partial charge in [-0.2, -0.15) is 0 Å². The minimum absolute atomic E-state index is 0.407. The Balaban J connectivity index is 1.91. The van der Waals surface area contributed by atoms with Crippen LogP contribution in [0.3, 0.4) is 0 Å². The molecule has 0 aliphatic heterocycles. The predicted octanol–water partition coefficient (Wildman–Crippen LogP) is 3.37. The second kappa shape index (κ2) is 5.90. The third kappa shape index (κ3) is 2.48. The normalized spacial score (nSPS) is 11.0. The van der Waals surface area contributed by atoms with E-state index in [2.05, 4.69) is 9.97 Å². The monoisotopic (exact) mass is 333 g/mol. The van der Waals surface area contributed by atoms with E-state index in [0.717, 1.165) is 22.2 Å². The first kappa shape index (κ1) is 15.1.